The van der Waals surface area contributed by atoms with Crippen molar-refractivity contribution < 1.29 is 39.8 Å². The lowest BCUT2D eigenvalue weighted by molar-refractivity contribution is -0.302. The molecular formula is C57H93NO8. The van der Waals surface area contributed by atoms with Gasteiger partial charge in [0.25, 0.3) is 0 Å². The molecule has 1 heterocycles. The van der Waals surface area contributed by atoms with Crippen LogP contribution in [-0.4, -0.2) is 87.5 Å². The Balaban J connectivity index is 2.34. The fourth-order valence-corrected chi connectivity index (χ4v) is 7.17. The number of aliphatic hydroxyl groups excluding tert-OH is 5. The lowest BCUT2D eigenvalue weighted by atomic mass is 9.99. The van der Waals surface area contributed by atoms with E-state index in [-0.39, 0.29) is 12.5 Å². The van der Waals surface area contributed by atoms with E-state index in [0.717, 1.165) is 116 Å². The molecule has 6 N–H and O–H groups in total. The van der Waals surface area contributed by atoms with Gasteiger partial charge in [0.15, 0.2) is 6.29 Å². The fourth-order valence-electron chi connectivity index (χ4n) is 7.17. The van der Waals surface area contributed by atoms with Gasteiger partial charge in [0.05, 0.1) is 25.4 Å². The lowest BCUT2D eigenvalue weighted by Gasteiger charge is -2.40. The molecule has 1 aliphatic rings. The number of unbranched alkanes of at least 4 members (excludes halogenated alkanes) is 13. The second-order valence-electron chi connectivity index (χ2n) is 17.2. The van der Waals surface area contributed by atoms with E-state index >= 15 is 0 Å². The van der Waals surface area contributed by atoms with E-state index in [1.807, 2.05) is 6.08 Å². The van der Waals surface area contributed by atoms with Crippen molar-refractivity contribution in [3.63, 3.8) is 0 Å². The van der Waals surface area contributed by atoms with Gasteiger partial charge >= 0.3 is 0 Å². The van der Waals surface area contributed by atoms with Crippen molar-refractivity contribution in [3.8, 4) is 0 Å². The average molecular weight is 920 g/mol. The average Bonchev–Trinajstić information content (AvgIpc) is 3.32. The van der Waals surface area contributed by atoms with Crippen LogP contribution in [0, 0.1) is 0 Å². The molecule has 374 valence electrons. The van der Waals surface area contributed by atoms with Gasteiger partial charge in [-0.05, 0) is 103 Å². The molecule has 1 fully saturated rings. The third kappa shape index (κ3) is 34.8. The van der Waals surface area contributed by atoms with E-state index in [1.165, 1.54) is 38.5 Å². The van der Waals surface area contributed by atoms with E-state index < -0.39 is 49.5 Å². The van der Waals surface area contributed by atoms with E-state index in [1.54, 1.807) is 6.08 Å². The van der Waals surface area contributed by atoms with Gasteiger partial charge in [-0.2, -0.15) is 0 Å². The monoisotopic (exact) mass is 920 g/mol. The summed E-state index contributed by atoms with van der Waals surface area (Å²) in [5.41, 5.74) is 0. The Labute approximate surface area is 401 Å². The highest BCUT2D eigenvalue weighted by Gasteiger charge is 2.44. The summed E-state index contributed by atoms with van der Waals surface area (Å²) in [6.45, 7) is 3.59. The smallest absolute Gasteiger partial charge is 0.220 e. The van der Waals surface area contributed by atoms with E-state index in [9.17, 15) is 30.3 Å². The fraction of sp³-hybridized carbons (Fsp3) is 0.632. The first-order valence-corrected chi connectivity index (χ1v) is 25.8. The normalized spacial score (nSPS) is 20.9. The Morgan fingerprint density at radius 2 is 0.955 bits per heavy atom. The Kier molecular flexibility index (Phi) is 41.7. The Morgan fingerprint density at radius 1 is 0.530 bits per heavy atom. The number of hydrogen-bond acceptors (Lipinski definition) is 8. The number of carbonyl (C=O) groups is 1. The number of rotatable bonds is 41. The zero-order valence-electron chi connectivity index (χ0n) is 41.1. The summed E-state index contributed by atoms with van der Waals surface area (Å²) in [7, 11) is 0. The number of carbonyl (C=O) groups excluding carboxylic acids is 1. The third-order valence-corrected chi connectivity index (χ3v) is 11.2. The molecule has 66 heavy (non-hydrogen) atoms. The number of amides is 1. The highest BCUT2D eigenvalue weighted by molar-refractivity contribution is 5.76. The van der Waals surface area contributed by atoms with Gasteiger partial charge in [0, 0.05) is 6.42 Å². The first kappa shape index (κ1) is 60.6. The predicted molar refractivity (Wildman–Crippen MR) is 276 cm³/mol. The first-order valence-electron chi connectivity index (χ1n) is 25.8. The largest absolute Gasteiger partial charge is 0.394 e. The molecule has 1 saturated heterocycles. The van der Waals surface area contributed by atoms with Gasteiger partial charge in [-0.1, -0.05) is 187 Å². The van der Waals surface area contributed by atoms with Crippen molar-refractivity contribution in [2.75, 3.05) is 13.2 Å². The first-order chi connectivity index (χ1) is 32.3. The van der Waals surface area contributed by atoms with Crippen LogP contribution in [-0.2, 0) is 14.3 Å². The summed E-state index contributed by atoms with van der Waals surface area (Å²) < 4.78 is 11.2. The minimum absolute atomic E-state index is 0.217. The lowest BCUT2D eigenvalue weighted by Crippen LogP contribution is -2.60. The van der Waals surface area contributed by atoms with Crippen LogP contribution in [0.25, 0.3) is 0 Å². The summed E-state index contributed by atoms with van der Waals surface area (Å²) in [6.07, 6.45) is 61.0. The van der Waals surface area contributed by atoms with Crippen molar-refractivity contribution >= 4 is 5.91 Å². The summed E-state index contributed by atoms with van der Waals surface area (Å²) in [6, 6.07) is -0.848. The molecule has 1 aliphatic heterocycles. The molecule has 0 aliphatic carbocycles. The van der Waals surface area contributed by atoms with Crippen molar-refractivity contribution in [2.24, 2.45) is 0 Å². The third-order valence-electron chi connectivity index (χ3n) is 11.2. The van der Waals surface area contributed by atoms with Crippen LogP contribution in [0.5, 0.6) is 0 Å². The Bertz CT molecular complexity index is 1440. The summed E-state index contributed by atoms with van der Waals surface area (Å²) in [5.74, 6) is -0.217. The van der Waals surface area contributed by atoms with Crippen LogP contribution in [0.15, 0.2) is 122 Å². The van der Waals surface area contributed by atoms with Gasteiger partial charge < -0.3 is 40.3 Å². The maximum Gasteiger partial charge on any atom is 0.220 e. The van der Waals surface area contributed by atoms with Gasteiger partial charge in [0.1, 0.15) is 24.4 Å². The second-order valence-corrected chi connectivity index (χ2v) is 17.2. The van der Waals surface area contributed by atoms with E-state index in [2.05, 4.69) is 129 Å². The molecule has 7 atom stereocenters. The van der Waals surface area contributed by atoms with Gasteiger partial charge in [-0.3, -0.25) is 4.79 Å². The Morgan fingerprint density at radius 3 is 1.45 bits per heavy atom. The molecule has 0 aromatic heterocycles. The molecule has 1 amide bonds. The maximum absolute atomic E-state index is 13.0. The number of nitrogens with one attached hydrogen (secondary N) is 1. The van der Waals surface area contributed by atoms with Crippen molar-refractivity contribution in [2.45, 2.75) is 217 Å². The van der Waals surface area contributed by atoms with Crippen molar-refractivity contribution in [1.82, 2.24) is 5.32 Å². The van der Waals surface area contributed by atoms with Crippen LogP contribution in [0.4, 0.5) is 0 Å². The molecule has 0 aromatic carbocycles. The molecular weight excluding hydrogens is 827 g/mol. The van der Waals surface area contributed by atoms with Gasteiger partial charge in [-0.15, -0.1) is 0 Å². The summed E-state index contributed by atoms with van der Waals surface area (Å²) >= 11 is 0. The number of ether oxygens (including phenoxy) is 2. The van der Waals surface area contributed by atoms with Crippen molar-refractivity contribution in [3.05, 3.63) is 122 Å². The quantitative estimate of drug-likeness (QED) is 0.0262. The molecule has 0 radical (unpaired) electrons. The van der Waals surface area contributed by atoms with Crippen LogP contribution >= 0.6 is 0 Å². The SMILES string of the molecule is CC/C=C\C/C=C\C/C=C\C/C=C\C/C=C\C/C=C\C/C=C\CCCCCCCC(=O)NC(COC1OC(CO)C(O)C(O)C1O)C(O)/C=C/CC/C=C/CC/C=C/CCCCCCCC. The minimum atomic E-state index is -1.59. The molecule has 0 saturated carbocycles. The maximum atomic E-state index is 13.0. The number of aliphatic hydroxyl groups is 5. The zero-order chi connectivity index (χ0) is 48.0. The summed E-state index contributed by atoms with van der Waals surface area (Å²) in [4.78, 5) is 13.0. The standard InChI is InChI=1S/C57H93NO8/c1-3-5-7-9-11-13-15-17-19-21-22-23-24-25-26-27-28-29-30-31-33-35-37-39-41-43-45-47-53(61)58-50(49-65-57-56(64)55(63)54(62)52(48-59)66-57)51(60)46-44-42-40-38-36-34-32-20-18-16-14-12-10-8-6-4-2/h5,7,11,13,17-20,22-23,25-26,28-29,31,33,36,38,44,46,50-52,54-57,59-60,62-64H,3-4,6,8-10,12,14-16,21,24,27,30,32,34-35,37,39-43,45,47-49H2,1-2H3,(H,58,61)/b7-5-,13-11-,19-17-,20-18+,23-22-,26-25-,29-28-,33-31-,38-36+,46-44+. The van der Waals surface area contributed by atoms with Gasteiger partial charge in [0.2, 0.25) is 5.91 Å². The Hall–Kier alpha value is -3.41. The van der Waals surface area contributed by atoms with Crippen LogP contribution < -0.4 is 5.32 Å². The number of allylic oxidation sites excluding steroid dienone is 19. The van der Waals surface area contributed by atoms with Gasteiger partial charge in [-0.25, -0.2) is 0 Å². The highest BCUT2D eigenvalue weighted by atomic mass is 16.7. The van der Waals surface area contributed by atoms with E-state index in [4.69, 9.17) is 9.47 Å². The van der Waals surface area contributed by atoms with Crippen LogP contribution in [0.1, 0.15) is 174 Å². The molecule has 7 unspecified atom stereocenters. The van der Waals surface area contributed by atoms with Crippen molar-refractivity contribution in [1.29, 1.82) is 0 Å². The summed E-state index contributed by atoms with van der Waals surface area (Å²) in [5, 5.41) is 54.3. The molecule has 0 bridgehead atoms. The predicted octanol–water partition coefficient (Wildman–Crippen LogP) is 12.0. The molecule has 9 heteroatoms. The molecule has 0 aromatic rings. The number of hydrogen-bond donors (Lipinski definition) is 6. The highest BCUT2D eigenvalue weighted by Crippen LogP contribution is 2.22. The van der Waals surface area contributed by atoms with E-state index in [0.29, 0.717) is 6.42 Å². The minimum Gasteiger partial charge on any atom is -0.394 e. The zero-order valence-corrected chi connectivity index (χ0v) is 41.1. The molecule has 9 nitrogen and oxygen atoms in total. The van der Waals surface area contributed by atoms with Crippen LogP contribution in [0.3, 0.4) is 0 Å². The molecule has 0 spiro atoms. The molecule has 1 rings (SSSR count). The second kappa shape index (κ2) is 45.4. The topological polar surface area (TPSA) is 149 Å². The van der Waals surface area contributed by atoms with Crippen LogP contribution in [0.2, 0.25) is 0 Å².